The highest BCUT2D eigenvalue weighted by atomic mass is 31.2. The molecule has 0 bridgehead atoms. The Balaban J connectivity index is 0.000000494. The Labute approximate surface area is 103 Å². The van der Waals surface area contributed by atoms with E-state index < -0.39 is 19.8 Å². The molecule has 0 aliphatic heterocycles. The van der Waals surface area contributed by atoms with Crippen LogP contribution in [0.2, 0.25) is 0 Å². The molecule has 1 aromatic carbocycles. The zero-order chi connectivity index (χ0) is 14.3. The van der Waals surface area contributed by atoms with Crippen LogP contribution in [0.25, 0.3) is 0 Å². The van der Waals surface area contributed by atoms with Gasteiger partial charge in [-0.1, -0.05) is 12.1 Å². The molecular formula is C9H14NO7P. The number of aliphatic carboxylic acids is 1. The average molecular weight is 279 g/mol. The number of benzene rings is 1. The third-order valence-electron chi connectivity index (χ3n) is 1.71. The topological polar surface area (TPSA) is 161 Å². The zero-order valence-electron chi connectivity index (χ0n) is 9.17. The molecule has 1 aromatic rings. The Morgan fingerprint density at radius 3 is 1.94 bits per heavy atom. The number of hydrogen-bond donors (Lipinski definition) is 6. The van der Waals surface area contributed by atoms with E-state index in [0.717, 1.165) is 5.56 Å². The summed E-state index contributed by atoms with van der Waals surface area (Å²) in [4.78, 5) is 32.0. The molecule has 0 heterocycles. The SMILES string of the molecule is N[C@@H](Cc1ccc(O)cc1)C(=O)O.O=P(O)(O)O. The van der Waals surface area contributed by atoms with Crippen LogP contribution in [0, 0.1) is 0 Å². The number of hydrogen-bond acceptors (Lipinski definition) is 4. The van der Waals surface area contributed by atoms with Gasteiger partial charge in [0, 0.05) is 0 Å². The van der Waals surface area contributed by atoms with Crippen molar-refractivity contribution in [3.63, 3.8) is 0 Å². The van der Waals surface area contributed by atoms with Crippen LogP contribution in [-0.4, -0.2) is 36.9 Å². The monoisotopic (exact) mass is 279 g/mol. The number of phenols is 1. The minimum absolute atomic E-state index is 0.160. The van der Waals surface area contributed by atoms with Crippen LogP contribution in [0.3, 0.4) is 0 Å². The lowest BCUT2D eigenvalue weighted by molar-refractivity contribution is -0.138. The molecule has 0 aromatic heterocycles. The van der Waals surface area contributed by atoms with Gasteiger partial charge in [0.1, 0.15) is 11.8 Å². The fourth-order valence-corrected chi connectivity index (χ4v) is 0.973. The molecule has 0 amide bonds. The molecule has 0 unspecified atom stereocenters. The van der Waals surface area contributed by atoms with Crippen LogP contribution in [0.1, 0.15) is 5.56 Å². The molecule has 7 N–H and O–H groups in total. The van der Waals surface area contributed by atoms with Crippen molar-refractivity contribution >= 4 is 13.8 Å². The van der Waals surface area contributed by atoms with E-state index in [1.807, 2.05) is 0 Å². The predicted octanol–water partition coefficient (Wildman–Crippen LogP) is -0.582. The van der Waals surface area contributed by atoms with Crippen molar-refractivity contribution in [1.29, 1.82) is 0 Å². The molecule has 0 spiro atoms. The molecule has 0 aliphatic carbocycles. The summed E-state index contributed by atoms with van der Waals surface area (Å²) < 4.78 is 8.88. The number of rotatable bonds is 3. The molecular weight excluding hydrogens is 265 g/mol. The van der Waals surface area contributed by atoms with E-state index in [9.17, 15) is 4.79 Å². The Morgan fingerprint density at radius 1 is 1.22 bits per heavy atom. The molecule has 0 aliphatic rings. The van der Waals surface area contributed by atoms with E-state index >= 15 is 0 Å². The number of nitrogens with two attached hydrogens (primary N) is 1. The number of carboxylic acid groups (broad SMARTS) is 1. The van der Waals surface area contributed by atoms with Gasteiger partial charge in [0.25, 0.3) is 0 Å². The van der Waals surface area contributed by atoms with Gasteiger partial charge in [-0.25, -0.2) is 4.57 Å². The molecule has 18 heavy (non-hydrogen) atoms. The van der Waals surface area contributed by atoms with Gasteiger partial charge in [-0.3, -0.25) is 4.79 Å². The second kappa shape index (κ2) is 7.10. The molecule has 0 saturated carbocycles. The maximum absolute atomic E-state index is 10.4. The Morgan fingerprint density at radius 2 is 1.61 bits per heavy atom. The Kier molecular flexibility index (Phi) is 6.53. The van der Waals surface area contributed by atoms with E-state index in [0.29, 0.717) is 0 Å². The van der Waals surface area contributed by atoms with Crippen molar-refractivity contribution in [2.45, 2.75) is 12.5 Å². The number of aromatic hydroxyl groups is 1. The highest BCUT2D eigenvalue weighted by Crippen LogP contribution is 2.25. The first kappa shape index (κ1) is 16.6. The van der Waals surface area contributed by atoms with Gasteiger partial charge in [0.15, 0.2) is 0 Å². The van der Waals surface area contributed by atoms with Gasteiger partial charge < -0.3 is 30.6 Å². The van der Waals surface area contributed by atoms with E-state index in [1.165, 1.54) is 12.1 Å². The summed E-state index contributed by atoms with van der Waals surface area (Å²) in [5.74, 6) is -0.860. The van der Waals surface area contributed by atoms with Crippen molar-refractivity contribution < 1.29 is 34.3 Å². The van der Waals surface area contributed by atoms with Crippen LogP contribution in [-0.2, 0) is 15.8 Å². The van der Waals surface area contributed by atoms with Crippen LogP contribution >= 0.6 is 7.82 Å². The second-order valence-corrected chi connectivity index (χ2v) is 4.36. The summed E-state index contributed by atoms with van der Waals surface area (Å²) >= 11 is 0. The normalized spacial score (nSPS) is 12.2. The van der Waals surface area contributed by atoms with Crippen LogP contribution in [0.4, 0.5) is 0 Å². The van der Waals surface area contributed by atoms with Crippen LogP contribution in [0.15, 0.2) is 24.3 Å². The number of carboxylic acids is 1. The molecule has 0 fully saturated rings. The third-order valence-corrected chi connectivity index (χ3v) is 1.71. The number of carbonyl (C=O) groups is 1. The lowest BCUT2D eigenvalue weighted by Crippen LogP contribution is -2.32. The zero-order valence-corrected chi connectivity index (χ0v) is 10.1. The lowest BCUT2D eigenvalue weighted by atomic mass is 10.1. The maximum Gasteiger partial charge on any atom is 0.466 e. The highest BCUT2D eigenvalue weighted by Gasteiger charge is 2.11. The van der Waals surface area contributed by atoms with Gasteiger partial charge in [-0.15, -0.1) is 0 Å². The minimum Gasteiger partial charge on any atom is -0.508 e. The molecule has 1 atom stereocenters. The highest BCUT2D eigenvalue weighted by molar-refractivity contribution is 7.45. The van der Waals surface area contributed by atoms with E-state index in [2.05, 4.69) is 0 Å². The van der Waals surface area contributed by atoms with E-state index in [4.69, 9.17) is 35.2 Å². The van der Waals surface area contributed by atoms with Crippen molar-refractivity contribution in [3.8, 4) is 5.75 Å². The summed E-state index contributed by atoms with van der Waals surface area (Å²) in [7, 11) is -4.64. The second-order valence-electron chi connectivity index (χ2n) is 3.33. The van der Waals surface area contributed by atoms with Gasteiger partial charge in [0.05, 0.1) is 0 Å². The van der Waals surface area contributed by atoms with Gasteiger partial charge in [-0.2, -0.15) is 0 Å². The Hall–Kier alpha value is -1.44. The average Bonchev–Trinajstić information content (AvgIpc) is 2.18. The molecule has 0 radical (unpaired) electrons. The predicted molar refractivity (Wildman–Crippen MR) is 61.7 cm³/mol. The quantitative estimate of drug-likeness (QED) is 0.400. The van der Waals surface area contributed by atoms with Crippen molar-refractivity contribution in [1.82, 2.24) is 0 Å². The number of phosphoric acid groups is 1. The van der Waals surface area contributed by atoms with Crippen molar-refractivity contribution in [2.75, 3.05) is 0 Å². The molecule has 9 heteroatoms. The molecule has 1 rings (SSSR count). The third kappa shape index (κ3) is 9.76. The summed E-state index contributed by atoms with van der Waals surface area (Å²) in [6.07, 6.45) is 0.273. The molecule has 0 saturated heterocycles. The van der Waals surface area contributed by atoms with E-state index in [1.54, 1.807) is 12.1 Å². The first-order chi connectivity index (χ1) is 8.09. The number of phenolic OH excluding ortho intramolecular Hbond substituents is 1. The summed E-state index contributed by atoms with van der Waals surface area (Å²) in [5, 5.41) is 17.5. The standard InChI is InChI=1S/C9H11NO3.H3O4P/c10-8(9(12)13)5-6-1-3-7(11)4-2-6;1-5(2,3)4/h1-4,8,11H,5,10H2,(H,12,13);(H3,1,2,3,4)/t8-;/m0./s1. The maximum atomic E-state index is 10.4. The molecule has 102 valence electrons. The fourth-order valence-electron chi connectivity index (χ4n) is 0.973. The molecule has 8 nitrogen and oxygen atoms in total. The van der Waals surface area contributed by atoms with Crippen LogP contribution < -0.4 is 5.73 Å². The Bertz CT molecular complexity index is 419. The van der Waals surface area contributed by atoms with Gasteiger partial charge in [-0.05, 0) is 24.1 Å². The van der Waals surface area contributed by atoms with Gasteiger partial charge >= 0.3 is 13.8 Å². The summed E-state index contributed by atoms with van der Waals surface area (Å²) in [5.41, 5.74) is 6.12. The largest absolute Gasteiger partial charge is 0.508 e. The van der Waals surface area contributed by atoms with Crippen molar-refractivity contribution in [2.24, 2.45) is 5.73 Å². The fraction of sp³-hybridized carbons (Fsp3) is 0.222. The van der Waals surface area contributed by atoms with Crippen molar-refractivity contribution in [3.05, 3.63) is 29.8 Å². The van der Waals surface area contributed by atoms with E-state index in [-0.39, 0.29) is 12.2 Å². The summed E-state index contributed by atoms with van der Waals surface area (Å²) in [6, 6.07) is 5.42. The van der Waals surface area contributed by atoms with Gasteiger partial charge in [0.2, 0.25) is 0 Å². The summed E-state index contributed by atoms with van der Waals surface area (Å²) in [6.45, 7) is 0. The lowest BCUT2D eigenvalue weighted by Gasteiger charge is -2.05. The first-order valence-corrected chi connectivity index (χ1v) is 6.20. The first-order valence-electron chi connectivity index (χ1n) is 4.64. The smallest absolute Gasteiger partial charge is 0.466 e. The minimum atomic E-state index is -4.64. The van der Waals surface area contributed by atoms with Crippen LogP contribution in [0.5, 0.6) is 5.75 Å².